The van der Waals surface area contributed by atoms with Crippen molar-refractivity contribution in [2.45, 2.75) is 18.7 Å². The number of sulfonamides is 1. The summed E-state index contributed by atoms with van der Waals surface area (Å²) >= 11 is 0. The highest BCUT2D eigenvalue weighted by atomic mass is 32.2. The van der Waals surface area contributed by atoms with Crippen LogP contribution in [-0.4, -0.2) is 15.0 Å². The predicted molar refractivity (Wildman–Crippen MR) is 82.2 cm³/mol. The van der Waals surface area contributed by atoms with Crippen molar-refractivity contribution in [3.8, 4) is 0 Å². The number of hydrogen-bond acceptors (Lipinski definition) is 3. The largest absolute Gasteiger partial charge is 0.398 e. The van der Waals surface area contributed by atoms with E-state index in [0.717, 1.165) is 5.56 Å². The first-order chi connectivity index (χ1) is 9.46. The molecule has 20 heavy (non-hydrogen) atoms. The fraction of sp³-hybridized carbons (Fsp3) is 0.200. The highest BCUT2D eigenvalue weighted by Gasteiger charge is 2.23. The lowest BCUT2D eigenvalue weighted by molar-refractivity contribution is 0.592. The molecule has 2 rings (SSSR count). The SMILES string of the molecule is CCN(c1ccccc1)S(=O)(=O)c1ccc(C)c(N)c1. The van der Waals surface area contributed by atoms with E-state index in [4.69, 9.17) is 5.73 Å². The maximum absolute atomic E-state index is 12.7. The van der Waals surface area contributed by atoms with E-state index in [9.17, 15) is 8.42 Å². The molecule has 0 atom stereocenters. The fourth-order valence-corrected chi connectivity index (χ4v) is 3.50. The number of nitrogens with two attached hydrogens (primary N) is 1. The average Bonchev–Trinajstić information content (AvgIpc) is 2.43. The normalized spacial score (nSPS) is 11.3. The van der Waals surface area contributed by atoms with Crippen LogP contribution in [0.25, 0.3) is 0 Å². The molecule has 2 N–H and O–H groups in total. The zero-order valence-electron chi connectivity index (χ0n) is 11.6. The van der Waals surface area contributed by atoms with Gasteiger partial charge in [-0.2, -0.15) is 0 Å². The van der Waals surface area contributed by atoms with E-state index in [1.54, 1.807) is 24.3 Å². The molecule has 2 aromatic carbocycles. The van der Waals surface area contributed by atoms with Gasteiger partial charge in [0.2, 0.25) is 0 Å². The van der Waals surface area contributed by atoms with Crippen LogP contribution in [0.1, 0.15) is 12.5 Å². The molecule has 4 nitrogen and oxygen atoms in total. The molecule has 0 saturated heterocycles. The molecule has 106 valence electrons. The van der Waals surface area contributed by atoms with E-state index < -0.39 is 10.0 Å². The van der Waals surface area contributed by atoms with Crippen molar-refractivity contribution in [3.05, 3.63) is 54.1 Å². The van der Waals surface area contributed by atoms with E-state index in [1.165, 1.54) is 10.4 Å². The second-order valence-electron chi connectivity index (χ2n) is 4.52. The Bertz CT molecular complexity index is 697. The van der Waals surface area contributed by atoms with Gasteiger partial charge in [-0.1, -0.05) is 24.3 Å². The number of benzene rings is 2. The summed E-state index contributed by atoms with van der Waals surface area (Å²) in [6, 6.07) is 13.9. The molecule has 0 aromatic heterocycles. The molecule has 0 amide bonds. The van der Waals surface area contributed by atoms with Crippen molar-refractivity contribution < 1.29 is 8.42 Å². The van der Waals surface area contributed by atoms with Gasteiger partial charge in [0, 0.05) is 12.2 Å². The summed E-state index contributed by atoms with van der Waals surface area (Å²) in [5.74, 6) is 0. The lowest BCUT2D eigenvalue weighted by Gasteiger charge is -2.23. The first-order valence-corrected chi connectivity index (χ1v) is 7.84. The molecule has 0 spiro atoms. The van der Waals surface area contributed by atoms with E-state index in [1.807, 2.05) is 32.0 Å². The van der Waals surface area contributed by atoms with Crippen molar-refractivity contribution in [1.82, 2.24) is 0 Å². The number of aryl methyl sites for hydroxylation is 1. The van der Waals surface area contributed by atoms with Crippen LogP contribution in [0.5, 0.6) is 0 Å². The minimum Gasteiger partial charge on any atom is -0.398 e. The van der Waals surface area contributed by atoms with Gasteiger partial charge in [-0.05, 0) is 43.7 Å². The van der Waals surface area contributed by atoms with Crippen molar-refractivity contribution in [2.24, 2.45) is 0 Å². The lowest BCUT2D eigenvalue weighted by atomic mass is 10.2. The van der Waals surface area contributed by atoms with E-state index in [2.05, 4.69) is 0 Å². The third-order valence-corrected chi connectivity index (χ3v) is 5.07. The number of para-hydroxylation sites is 1. The summed E-state index contributed by atoms with van der Waals surface area (Å²) in [7, 11) is -3.59. The van der Waals surface area contributed by atoms with Crippen molar-refractivity contribution in [3.63, 3.8) is 0 Å². The summed E-state index contributed by atoms with van der Waals surface area (Å²) in [5.41, 5.74) is 7.81. The van der Waals surface area contributed by atoms with Crippen LogP contribution in [0.2, 0.25) is 0 Å². The van der Waals surface area contributed by atoms with Gasteiger partial charge in [0.05, 0.1) is 10.6 Å². The molecule has 0 fully saturated rings. The number of anilines is 2. The van der Waals surface area contributed by atoms with Gasteiger partial charge in [0.25, 0.3) is 10.0 Å². The monoisotopic (exact) mass is 290 g/mol. The number of hydrogen-bond donors (Lipinski definition) is 1. The third-order valence-electron chi connectivity index (χ3n) is 3.17. The molecule has 2 aromatic rings. The lowest BCUT2D eigenvalue weighted by Crippen LogP contribution is -2.30. The van der Waals surface area contributed by atoms with Crippen LogP contribution in [-0.2, 0) is 10.0 Å². The van der Waals surface area contributed by atoms with Gasteiger partial charge in [-0.15, -0.1) is 0 Å². The Morgan fingerprint density at radius 1 is 1.10 bits per heavy atom. The molecular weight excluding hydrogens is 272 g/mol. The molecule has 5 heteroatoms. The van der Waals surface area contributed by atoms with Crippen molar-refractivity contribution in [2.75, 3.05) is 16.6 Å². The van der Waals surface area contributed by atoms with Crippen LogP contribution >= 0.6 is 0 Å². The molecule has 0 bridgehead atoms. The number of rotatable bonds is 4. The second-order valence-corrected chi connectivity index (χ2v) is 6.39. The van der Waals surface area contributed by atoms with Crippen molar-refractivity contribution in [1.29, 1.82) is 0 Å². The Hall–Kier alpha value is -2.01. The van der Waals surface area contributed by atoms with E-state index in [-0.39, 0.29) is 4.90 Å². The van der Waals surface area contributed by atoms with Gasteiger partial charge in [0.1, 0.15) is 0 Å². The van der Waals surface area contributed by atoms with E-state index >= 15 is 0 Å². The summed E-state index contributed by atoms with van der Waals surface area (Å²) in [6.07, 6.45) is 0. The van der Waals surface area contributed by atoms with Gasteiger partial charge >= 0.3 is 0 Å². The topological polar surface area (TPSA) is 63.4 Å². The van der Waals surface area contributed by atoms with Gasteiger partial charge in [0.15, 0.2) is 0 Å². The molecule has 0 aliphatic rings. The van der Waals surface area contributed by atoms with Crippen LogP contribution in [0.15, 0.2) is 53.4 Å². The number of nitrogens with zero attached hydrogens (tertiary/aromatic N) is 1. The maximum Gasteiger partial charge on any atom is 0.264 e. The molecule has 0 unspecified atom stereocenters. The van der Waals surface area contributed by atoms with E-state index in [0.29, 0.717) is 17.9 Å². The number of nitrogen functional groups attached to an aromatic ring is 1. The smallest absolute Gasteiger partial charge is 0.264 e. The highest BCUT2D eigenvalue weighted by Crippen LogP contribution is 2.25. The van der Waals surface area contributed by atoms with Crippen LogP contribution in [0.3, 0.4) is 0 Å². The predicted octanol–water partition coefficient (Wildman–Crippen LogP) is 2.79. The average molecular weight is 290 g/mol. The molecule has 0 saturated carbocycles. The van der Waals surface area contributed by atoms with Gasteiger partial charge in [-0.25, -0.2) is 8.42 Å². The zero-order valence-corrected chi connectivity index (χ0v) is 12.4. The van der Waals surface area contributed by atoms with Crippen LogP contribution in [0, 0.1) is 6.92 Å². The maximum atomic E-state index is 12.7. The molecule has 0 radical (unpaired) electrons. The summed E-state index contributed by atoms with van der Waals surface area (Å²) in [6.45, 7) is 4.02. The minimum absolute atomic E-state index is 0.214. The molecular formula is C15H18N2O2S. The summed E-state index contributed by atoms with van der Waals surface area (Å²) in [4.78, 5) is 0.214. The zero-order chi connectivity index (χ0) is 14.8. The second kappa shape index (κ2) is 5.54. The summed E-state index contributed by atoms with van der Waals surface area (Å²) in [5, 5.41) is 0. The van der Waals surface area contributed by atoms with Crippen LogP contribution < -0.4 is 10.0 Å². The Kier molecular flexibility index (Phi) is 3.99. The van der Waals surface area contributed by atoms with Crippen LogP contribution in [0.4, 0.5) is 11.4 Å². The van der Waals surface area contributed by atoms with Crippen molar-refractivity contribution >= 4 is 21.4 Å². The third kappa shape index (κ3) is 2.63. The fourth-order valence-electron chi connectivity index (χ4n) is 1.99. The standard InChI is InChI=1S/C15H18N2O2S/c1-3-17(13-7-5-4-6-8-13)20(18,19)14-10-9-12(2)15(16)11-14/h4-11H,3,16H2,1-2H3. The minimum atomic E-state index is -3.59. The molecule has 0 aliphatic heterocycles. The first kappa shape index (κ1) is 14.4. The quantitative estimate of drug-likeness (QED) is 0.881. The Morgan fingerprint density at radius 2 is 1.75 bits per heavy atom. The van der Waals surface area contributed by atoms with Gasteiger partial charge in [-0.3, -0.25) is 4.31 Å². The summed E-state index contributed by atoms with van der Waals surface area (Å²) < 4.78 is 26.8. The van der Waals surface area contributed by atoms with Gasteiger partial charge < -0.3 is 5.73 Å². The Morgan fingerprint density at radius 3 is 2.30 bits per heavy atom. The molecule has 0 aliphatic carbocycles. The first-order valence-electron chi connectivity index (χ1n) is 6.40. The highest BCUT2D eigenvalue weighted by molar-refractivity contribution is 7.92. The Labute approximate surface area is 119 Å². The molecule has 0 heterocycles. The Balaban J connectivity index is 2.50.